The number of halogens is 1. The first-order valence-electron chi connectivity index (χ1n) is 10.6. The molecule has 164 valence electrons. The Morgan fingerprint density at radius 2 is 1.90 bits per heavy atom. The van der Waals surface area contributed by atoms with Crippen molar-refractivity contribution >= 4 is 0 Å². The minimum Gasteiger partial charge on any atom is -0.497 e. The van der Waals surface area contributed by atoms with Crippen LogP contribution in [0.15, 0.2) is 60.9 Å². The summed E-state index contributed by atoms with van der Waals surface area (Å²) in [6.07, 6.45) is 4.45. The van der Waals surface area contributed by atoms with Gasteiger partial charge in [-0.15, -0.1) is 0 Å². The molecule has 0 saturated carbocycles. The standard InChI is InChI=1S/C24H29FN4O2/c1-31-22-8-6-20(7-9-22)29-12-11-26-24(29)18-27-13-14-28(21(17-27)10-15-30)16-19-4-2-3-5-23(19)25/h2-9,11-12,21,30H,10,13-18H2,1H3. The fraction of sp³-hybridized carbons (Fsp3) is 0.375. The Bertz CT molecular complexity index is 976. The van der Waals surface area contributed by atoms with Gasteiger partial charge in [-0.1, -0.05) is 18.2 Å². The lowest BCUT2D eigenvalue weighted by molar-refractivity contribution is 0.0479. The maximum absolute atomic E-state index is 14.1. The van der Waals surface area contributed by atoms with Gasteiger partial charge in [0, 0.05) is 62.5 Å². The van der Waals surface area contributed by atoms with Gasteiger partial charge in [-0.2, -0.15) is 0 Å². The predicted molar refractivity (Wildman–Crippen MR) is 118 cm³/mol. The van der Waals surface area contributed by atoms with Gasteiger partial charge in [0.25, 0.3) is 0 Å². The molecule has 3 aromatic rings. The van der Waals surface area contributed by atoms with Gasteiger partial charge in [0.1, 0.15) is 17.4 Å². The van der Waals surface area contributed by atoms with Crippen molar-refractivity contribution in [2.75, 3.05) is 33.4 Å². The van der Waals surface area contributed by atoms with Crippen molar-refractivity contribution in [2.45, 2.75) is 25.6 Å². The zero-order valence-corrected chi connectivity index (χ0v) is 17.8. The Kier molecular flexibility index (Phi) is 6.96. The molecule has 1 atom stereocenters. The number of hydrogen-bond donors (Lipinski definition) is 1. The molecule has 2 heterocycles. The van der Waals surface area contributed by atoms with Crippen LogP contribution in [-0.2, 0) is 13.1 Å². The Hall–Kier alpha value is -2.74. The number of methoxy groups -OCH3 is 1. The van der Waals surface area contributed by atoms with E-state index in [-0.39, 0.29) is 18.5 Å². The normalized spacial score (nSPS) is 17.7. The Labute approximate surface area is 182 Å². The fourth-order valence-corrected chi connectivity index (χ4v) is 4.21. The van der Waals surface area contributed by atoms with Crippen LogP contribution in [0.5, 0.6) is 5.75 Å². The highest BCUT2D eigenvalue weighted by atomic mass is 19.1. The Morgan fingerprint density at radius 1 is 1.10 bits per heavy atom. The summed E-state index contributed by atoms with van der Waals surface area (Å²) in [6, 6.07) is 15.0. The van der Waals surface area contributed by atoms with Gasteiger partial charge >= 0.3 is 0 Å². The van der Waals surface area contributed by atoms with Gasteiger partial charge in [0.2, 0.25) is 0 Å². The number of benzene rings is 2. The zero-order chi connectivity index (χ0) is 21.6. The second-order valence-corrected chi connectivity index (χ2v) is 7.87. The molecule has 0 radical (unpaired) electrons. The van der Waals surface area contributed by atoms with Gasteiger partial charge in [-0.25, -0.2) is 9.37 Å². The third kappa shape index (κ3) is 5.12. The van der Waals surface area contributed by atoms with Crippen molar-refractivity contribution in [3.63, 3.8) is 0 Å². The number of nitrogens with zero attached hydrogens (tertiary/aromatic N) is 4. The zero-order valence-electron chi connectivity index (χ0n) is 17.8. The van der Waals surface area contributed by atoms with E-state index in [1.165, 1.54) is 6.07 Å². The van der Waals surface area contributed by atoms with Crippen molar-refractivity contribution in [3.8, 4) is 11.4 Å². The van der Waals surface area contributed by atoms with E-state index in [2.05, 4.69) is 19.4 Å². The lowest BCUT2D eigenvalue weighted by Crippen LogP contribution is -2.52. The molecular formula is C24H29FN4O2. The number of aliphatic hydroxyl groups excluding tert-OH is 1. The second-order valence-electron chi connectivity index (χ2n) is 7.87. The van der Waals surface area contributed by atoms with Crippen LogP contribution in [0.4, 0.5) is 4.39 Å². The number of aliphatic hydroxyl groups is 1. The molecule has 7 heteroatoms. The van der Waals surface area contributed by atoms with Gasteiger partial charge in [-0.05, 0) is 36.8 Å². The van der Waals surface area contributed by atoms with Crippen LogP contribution in [-0.4, -0.2) is 63.9 Å². The average molecular weight is 425 g/mol. The van der Waals surface area contributed by atoms with E-state index in [1.54, 1.807) is 13.2 Å². The third-order valence-electron chi connectivity index (χ3n) is 5.92. The molecule has 1 aliphatic heterocycles. The summed E-state index contributed by atoms with van der Waals surface area (Å²) in [5, 5.41) is 9.59. The number of imidazole rings is 1. The molecule has 1 aliphatic rings. The van der Waals surface area contributed by atoms with Crippen molar-refractivity contribution < 1.29 is 14.2 Å². The number of hydrogen-bond acceptors (Lipinski definition) is 5. The molecule has 1 fully saturated rings. The molecular weight excluding hydrogens is 395 g/mol. The summed E-state index contributed by atoms with van der Waals surface area (Å²) >= 11 is 0. The van der Waals surface area contributed by atoms with Crippen LogP contribution in [0.1, 0.15) is 17.8 Å². The topological polar surface area (TPSA) is 53.8 Å². The maximum Gasteiger partial charge on any atom is 0.127 e. The van der Waals surface area contributed by atoms with Crippen LogP contribution in [0.25, 0.3) is 5.69 Å². The third-order valence-corrected chi connectivity index (χ3v) is 5.92. The lowest BCUT2D eigenvalue weighted by Gasteiger charge is -2.41. The molecule has 0 amide bonds. The van der Waals surface area contributed by atoms with E-state index in [0.29, 0.717) is 25.1 Å². The van der Waals surface area contributed by atoms with E-state index < -0.39 is 0 Å². The predicted octanol–water partition coefficient (Wildman–Crippen LogP) is 3.09. The monoisotopic (exact) mass is 424 g/mol. The van der Waals surface area contributed by atoms with Crippen LogP contribution >= 0.6 is 0 Å². The highest BCUT2D eigenvalue weighted by Crippen LogP contribution is 2.21. The molecule has 0 spiro atoms. The molecule has 1 saturated heterocycles. The first kappa shape index (κ1) is 21.5. The van der Waals surface area contributed by atoms with Gasteiger partial charge < -0.3 is 14.4 Å². The number of piperazine rings is 1. The number of rotatable bonds is 8. The molecule has 1 N–H and O–H groups in total. The van der Waals surface area contributed by atoms with E-state index in [9.17, 15) is 9.50 Å². The minimum atomic E-state index is -0.172. The number of ether oxygens (including phenoxy) is 1. The van der Waals surface area contributed by atoms with Crippen LogP contribution < -0.4 is 4.74 Å². The van der Waals surface area contributed by atoms with Gasteiger partial charge in [0.15, 0.2) is 0 Å². The van der Waals surface area contributed by atoms with Crippen molar-refractivity contribution in [1.82, 2.24) is 19.4 Å². The molecule has 1 aromatic heterocycles. The van der Waals surface area contributed by atoms with Gasteiger partial charge in [-0.3, -0.25) is 9.80 Å². The quantitative estimate of drug-likeness (QED) is 0.602. The van der Waals surface area contributed by atoms with Gasteiger partial charge in [0.05, 0.1) is 13.7 Å². The van der Waals surface area contributed by atoms with Crippen LogP contribution in [0.3, 0.4) is 0 Å². The Balaban J connectivity index is 1.44. The SMILES string of the molecule is COc1ccc(-n2ccnc2CN2CCN(Cc3ccccc3F)C(CCO)C2)cc1. The summed E-state index contributed by atoms with van der Waals surface area (Å²) < 4.78 is 21.5. The largest absolute Gasteiger partial charge is 0.497 e. The van der Waals surface area contributed by atoms with E-state index >= 15 is 0 Å². The molecule has 0 bridgehead atoms. The molecule has 31 heavy (non-hydrogen) atoms. The highest BCUT2D eigenvalue weighted by Gasteiger charge is 2.28. The first-order valence-corrected chi connectivity index (χ1v) is 10.6. The van der Waals surface area contributed by atoms with Crippen LogP contribution in [0.2, 0.25) is 0 Å². The summed E-state index contributed by atoms with van der Waals surface area (Å²) in [7, 11) is 1.66. The first-order chi connectivity index (χ1) is 15.2. The summed E-state index contributed by atoms with van der Waals surface area (Å²) in [5.41, 5.74) is 1.74. The smallest absolute Gasteiger partial charge is 0.127 e. The molecule has 0 aliphatic carbocycles. The van der Waals surface area contributed by atoms with E-state index in [1.807, 2.05) is 48.8 Å². The maximum atomic E-state index is 14.1. The average Bonchev–Trinajstić information content (AvgIpc) is 3.25. The Morgan fingerprint density at radius 3 is 2.65 bits per heavy atom. The summed E-state index contributed by atoms with van der Waals surface area (Å²) in [5.74, 6) is 1.62. The molecule has 6 nitrogen and oxygen atoms in total. The molecule has 2 aromatic carbocycles. The van der Waals surface area contributed by atoms with Crippen molar-refractivity contribution in [3.05, 3.63) is 78.1 Å². The molecule has 1 unspecified atom stereocenters. The van der Waals surface area contributed by atoms with E-state index in [0.717, 1.165) is 36.9 Å². The summed E-state index contributed by atoms with van der Waals surface area (Å²) in [6.45, 7) is 3.89. The second kappa shape index (κ2) is 10.0. The minimum absolute atomic E-state index is 0.118. The highest BCUT2D eigenvalue weighted by molar-refractivity contribution is 5.38. The number of aromatic nitrogens is 2. The lowest BCUT2D eigenvalue weighted by atomic mass is 10.1. The van der Waals surface area contributed by atoms with E-state index in [4.69, 9.17) is 4.74 Å². The van der Waals surface area contributed by atoms with Crippen molar-refractivity contribution in [2.24, 2.45) is 0 Å². The van der Waals surface area contributed by atoms with Crippen LogP contribution in [0, 0.1) is 5.82 Å². The summed E-state index contributed by atoms with van der Waals surface area (Å²) in [4.78, 5) is 9.22. The molecule has 4 rings (SSSR count). The fourth-order valence-electron chi connectivity index (χ4n) is 4.21. The van der Waals surface area contributed by atoms with Crippen molar-refractivity contribution in [1.29, 1.82) is 0 Å².